The number of benzene rings is 1. The number of nitrogens with one attached hydrogen (secondary N) is 1. The lowest BCUT2D eigenvalue weighted by molar-refractivity contribution is 0.390. The molecule has 1 aliphatic heterocycles. The van der Waals surface area contributed by atoms with Crippen LogP contribution in [0.1, 0.15) is 36.6 Å². The predicted molar refractivity (Wildman–Crippen MR) is 117 cm³/mol. The second kappa shape index (κ2) is 9.32. The van der Waals surface area contributed by atoms with E-state index in [1.165, 1.54) is 0 Å². The quantitative estimate of drug-likeness (QED) is 0.594. The minimum Gasteiger partial charge on any atom is -0.324 e. The van der Waals surface area contributed by atoms with Crippen molar-refractivity contribution in [3.05, 3.63) is 78.4 Å². The molecule has 0 saturated carbocycles. The number of aromatic nitrogens is 3. The minimum absolute atomic E-state index is 0.149. The molecule has 0 bridgehead atoms. The average molecular weight is 424 g/mol. The molecule has 2 aromatic heterocycles. The van der Waals surface area contributed by atoms with Gasteiger partial charge in [-0.25, -0.2) is 18.4 Å². The fourth-order valence-electron chi connectivity index (χ4n) is 3.79. The van der Waals surface area contributed by atoms with Crippen molar-refractivity contribution >= 4 is 21.7 Å². The molecule has 1 atom stereocenters. The van der Waals surface area contributed by atoms with Gasteiger partial charge in [0.25, 0.3) is 0 Å². The van der Waals surface area contributed by atoms with Crippen molar-refractivity contribution in [3.8, 4) is 0 Å². The van der Waals surface area contributed by atoms with Crippen LogP contribution in [0, 0.1) is 0 Å². The summed E-state index contributed by atoms with van der Waals surface area (Å²) in [5.74, 6) is 1.37. The van der Waals surface area contributed by atoms with Gasteiger partial charge in [-0.1, -0.05) is 36.4 Å². The van der Waals surface area contributed by atoms with Crippen molar-refractivity contribution < 1.29 is 8.42 Å². The molecule has 0 radical (unpaired) electrons. The van der Waals surface area contributed by atoms with Crippen LogP contribution in [-0.4, -0.2) is 40.0 Å². The third-order valence-electron chi connectivity index (χ3n) is 5.20. The molecule has 0 spiro atoms. The number of sulfonamides is 1. The first-order valence-electron chi connectivity index (χ1n) is 10.2. The van der Waals surface area contributed by atoms with E-state index >= 15 is 0 Å². The van der Waals surface area contributed by atoms with Gasteiger partial charge in [0.15, 0.2) is 0 Å². The lowest BCUT2D eigenvalue weighted by Crippen LogP contribution is -2.33. The van der Waals surface area contributed by atoms with Crippen LogP contribution >= 0.6 is 0 Å². The molecule has 1 aliphatic rings. The van der Waals surface area contributed by atoms with E-state index in [1.807, 2.05) is 48.5 Å². The molecular weight excluding hydrogens is 398 g/mol. The monoisotopic (exact) mass is 423 g/mol. The maximum atomic E-state index is 13.0. The third kappa shape index (κ3) is 5.01. The van der Waals surface area contributed by atoms with Crippen molar-refractivity contribution in [2.45, 2.75) is 31.7 Å². The molecular formula is C22H25N5O2S. The fraction of sp³-hybridized carbons (Fsp3) is 0.318. The van der Waals surface area contributed by atoms with E-state index in [1.54, 1.807) is 22.9 Å². The summed E-state index contributed by atoms with van der Waals surface area (Å²) in [4.78, 5) is 12.9. The fourth-order valence-corrected chi connectivity index (χ4v) is 5.54. The largest absolute Gasteiger partial charge is 0.324 e. The summed E-state index contributed by atoms with van der Waals surface area (Å²) in [5, 5.41) is 3.12. The van der Waals surface area contributed by atoms with E-state index in [2.05, 4.69) is 20.3 Å². The SMILES string of the molecule is O=S(=O)(CCCc1ccccc1)N1CCC[C@@H]1c1cccc(Nc2cnccn2)n1. The Morgan fingerprint density at radius 2 is 1.90 bits per heavy atom. The molecule has 3 heterocycles. The molecule has 8 heteroatoms. The topological polar surface area (TPSA) is 88.1 Å². The molecule has 1 saturated heterocycles. The van der Waals surface area contributed by atoms with Crippen LogP contribution < -0.4 is 5.32 Å². The Hall–Kier alpha value is -2.84. The molecule has 1 fully saturated rings. The van der Waals surface area contributed by atoms with E-state index in [0.717, 1.165) is 30.5 Å². The van der Waals surface area contributed by atoms with Crippen LogP contribution in [0.3, 0.4) is 0 Å². The Morgan fingerprint density at radius 1 is 1.03 bits per heavy atom. The predicted octanol–water partition coefficient (Wildman–Crippen LogP) is 3.71. The van der Waals surface area contributed by atoms with Gasteiger partial charge in [-0.15, -0.1) is 0 Å². The minimum atomic E-state index is -3.35. The van der Waals surface area contributed by atoms with Crippen molar-refractivity contribution in [2.24, 2.45) is 0 Å². The summed E-state index contributed by atoms with van der Waals surface area (Å²) in [7, 11) is -3.35. The standard InChI is InChI=1S/C22H25N5O2S/c28-30(29,16-6-9-18-7-2-1-3-8-18)27-15-5-11-20(27)19-10-4-12-21(25-19)26-22-17-23-13-14-24-22/h1-4,7-8,10,12-14,17,20H,5-6,9,11,15-16H2,(H,24,25,26)/t20-/m1/s1. The number of hydrogen-bond donors (Lipinski definition) is 1. The van der Waals surface area contributed by atoms with Crippen LogP contribution in [0.15, 0.2) is 67.1 Å². The van der Waals surface area contributed by atoms with E-state index in [9.17, 15) is 8.42 Å². The molecule has 7 nitrogen and oxygen atoms in total. The number of hydrogen-bond acceptors (Lipinski definition) is 6. The van der Waals surface area contributed by atoms with Crippen LogP contribution in [0.5, 0.6) is 0 Å². The number of aryl methyl sites for hydroxylation is 1. The summed E-state index contributed by atoms with van der Waals surface area (Å²) < 4.78 is 27.7. The van der Waals surface area contributed by atoms with E-state index < -0.39 is 10.0 Å². The van der Waals surface area contributed by atoms with Crippen molar-refractivity contribution in [1.82, 2.24) is 19.3 Å². The highest BCUT2D eigenvalue weighted by Gasteiger charge is 2.35. The first-order valence-corrected chi connectivity index (χ1v) is 11.8. The molecule has 3 aromatic rings. The van der Waals surface area contributed by atoms with Gasteiger partial charge in [0, 0.05) is 18.9 Å². The molecule has 1 N–H and O–H groups in total. The second-order valence-electron chi connectivity index (χ2n) is 7.34. The molecule has 1 aromatic carbocycles. The molecule has 156 valence electrons. The molecule has 30 heavy (non-hydrogen) atoms. The summed E-state index contributed by atoms with van der Waals surface area (Å²) in [6.07, 6.45) is 7.81. The summed E-state index contributed by atoms with van der Waals surface area (Å²) in [6.45, 7) is 0.543. The van der Waals surface area contributed by atoms with Gasteiger partial charge in [0.05, 0.1) is 23.7 Å². The van der Waals surface area contributed by atoms with Crippen LogP contribution in [0.2, 0.25) is 0 Å². The molecule has 0 unspecified atom stereocenters. The van der Waals surface area contributed by atoms with Gasteiger partial charge >= 0.3 is 0 Å². The van der Waals surface area contributed by atoms with Gasteiger partial charge in [0.1, 0.15) is 11.6 Å². The highest BCUT2D eigenvalue weighted by Crippen LogP contribution is 2.34. The van der Waals surface area contributed by atoms with Crippen molar-refractivity contribution in [2.75, 3.05) is 17.6 Å². The van der Waals surface area contributed by atoms with E-state index in [-0.39, 0.29) is 11.8 Å². The zero-order valence-electron chi connectivity index (χ0n) is 16.7. The summed E-state index contributed by atoms with van der Waals surface area (Å²) >= 11 is 0. The summed E-state index contributed by atoms with van der Waals surface area (Å²) in [6, 6.07) is 15.4. The van der Waals surface area contributed by atoms with E-state index in [0.29, 0.717) is 24.6 Å². The van der Waals surface area contributed by atoms with Gasteiger partial charge in [0.2, 0.25) is 10.0 Å². The van der Waals surface area contributed by atoms with Gasteiger partial charge in [-0.2, -0.15) is 4.31 Å². The Bertz CT molecular complexity index is 1060. The normalized spacial score (nSPS) is 17.1. The van der Waals surface area contributed by atoms with Crippen molar-refractivity contribution in [3.63, 3.8) is 0 Å². The third-order valence-corrected chi connectivity index (χ3v) is 7.16. The Labute approximate surface area is 177 Å². The Morgan fingerprint density at radius 3 is 2.70 bits per heavy atom. The Balaban J connectivity index is 1.44. The first kappa shape index (κ1) is 20.4. The first-order chi connectivity index (χ1) is 14.6. The van der Waals surface area contributed by atoms with E-state index in [4.69, 9.17) is 0 Å². The average Bonchev–Trinajstić information content (AvgIpc) is 3.27. The highest BCUT2D eigenvalue weighted by molar-refractivity contribution is 7.89. The number of nitrogens with zero attached hydrogens (tertiary/aromatic N) is 4. The zero-order chi connectivity index (χ0) is 20.8. The smallest absolute Gasteiger partial charge is 0.214 e. The lowest BCUT2D eigenvalue weighted by Gasteiger charge is -2.24. The van der Waals surface area contributed by atoms with Gasteiger partial charge in [-0.3, -0.25) is 4.98 Å². The number of pyridine rings is 1. The molecule has 0 aliphatic carbocycles. The number of anilines is 2. The lowest BCUT2D eigenvalue weighted by atomic mass is 10.1. The zero-order valence-corrected chi connectivity index (χ0v) is 17.5. The number of rotatable bonds is 8. The second-order valence-corrected chi connectivity index (χ2v) is 9.38. The maximum Gasteiger partial charge on any atom is 0.214 e. The highest BCUT2D eigenvalue weighted by atomic mass is 32.2. The van der Waals surface area contributed by atoms with Crippen LogP contribution in [0.4, 0.5) is 11.6 Å². The Kier molecular flexibility index (Phi) is 6.35. The van der Waals surface area contributed by atoms with Crippen LogP contribution in [-0.2, 0) is 16.4 Å². The summed E-state index contributed by atoms with van der Waals surface area (Å²) in [5.41, 5.74) is 1.92. The van der Waals surface area contributed by atoms with Gasteiger partial charge in [-0.05, 0) is 43.4 Å². The van der Waals surface area contributed by atoms with Crippen LogP contribution in [0.25, 0.3) is 0 Å². The maximum absolute atomic E-state index is 13.0. The molecule has 0 amide bonds. The molecule has 4 rings (SSSR count). The van der Waals surface area contributed by atoms with Gasteiger partial charge < -0.3 is 5.32 Å². The van der Waals surface area contributed by atoms with Crippen molar-refractivity contribution in [1.29, 1.82) is 0 Å².